The van der Waals surface area contributed by atoms with Gasteiger partial charge in [-0.05, 0) is 30.9 Å². The van der Waals surface area contributed by atoms with Gasteiger partial charge in [0.25, 0.3) is 0 Å². The first-order chi connectivity index (χ1) is 5.81. The lowest BCUT2D eigenvalue weighted by atomic mass is 10.1. The molecule has 64 valence electrons. The second kappa shape index (κ2) is 2.91. The van der Waals surface area contributed by atoms with Crippen LogP contribution in [0.5, 0.6) is 0 Å². The van der Waals surface area contributed by atoms with Gasteiger partial charge in [0.2, 0.25) is 0 Å². The van der Waals surface area contributed by atoms with Crippen molar-refractivity contribution in [3.05, 3.63) is 34.9 Å². The predicted octanol–water partition coefficient (Wildman–Crippen LogP) is 2.63. The van der Waals surface area contributed by atoms with Gasteiger partial charge in [-0.1, -0.05) is 23.8 Å². The third-order valence-electron chi connectivity index (χ3n) is 2.61. The number of aryl methyl sites for hydroxylation is 2. The van der Waals surface area contributed by atoms with Crippen LogP contribution in [-0.2, 0) is 11.2 Å². The summed E-state index contributed by atoms with van der Waals surface area (Å²) in [6, 6.07) is 6.64. The molecule has 0 saturated carbocycles. The van der Waals surface area contributed by atoms with Gasteiger partial charge in [-0.25, -0.2) is 0 Å². The molecule has 2 rings (SSSR count). The van der Waals surface area contributed by atoms with E-state index in [0.717, 1.165) is 6.42 Å². The smallest absolute Gasteiger partial charge is 0.0827 e. The van der Waals surface area contributed by atoms with Crippen LogP contribution in [0, 0.1) is 6.92 Å². The molecule has 1 atom stereocenters. The molecule has 0 N–H and O–H groups in total. The summed E-state index contributed by atoms with van der Waals surface area (Å²) in [6.07, 6.45) is 2.67. The summed E-state index contributed by atoms with van der Waals surface area (Å²) in [6.45, 7) is 2.14. The number of ether oxygens (including phenoxy) is 1. The molecule has 12 heavy (non-hydrogen) atoms. The second-order valence-electron chi connectivity index (χ2n) is 3.47. The molecule has 1 aliphatic rings. The SMILES string of the molecule is COC1CCc2cc(C)ccc21. The lowest BCUT2D eigenvalue weighted by Gasteiger charge is -2.08. The highest BCUT2D eigenvalue weighted by atomic mass is 16.5. The van der Waals surface area contributed by atoms with Gasteiger partial charge in [-0.15, -0.1) is 0 Å². The zero-order valence-corrected chi connectivity index (χ0v) is 7.63. The maximum absolute atomic E-state index is 5.38. The summed E-state index contributed by atoms with van der Waals surface area (Å²) in [5, 5.41) is 0. The van der Waals surface area contributed by atoms with Crippen molar-refractivity contribution in [1.82, 2.24) is 0 Å². The molecule has 1 heteroatoms. The Bertz CT molecular complexity index is 291. The fourth-order valence-corrected chi connectivity index (χ4v) is 1.95. The zero-order chi connectivity index (χ0) is 8.55. The second-order valence-corrected chi connectivity index (χ2v) is 3.47. The molecule has 0 heterocycles. The average Bonchev–Trinajstić information content (AvgIpc) is 2.46. The monoisotopic (exact) mass is 162 g/mol. The molecule has 0 bridgehead atoms. The van der Waals surface area contributed by atoms with Gasteiger partial charge in [-0.3, -0.25) is 0 Å². The van der Waals surface area contributed by atoms with Crippen molar-refractivity contribution in [1.29, 1.82) is 0 Å². The van der Waals surface area contributed by atoms with Crippen LogP contribution in [0.2, 0.25) is 0 Å². The Morgan fingerprint density at radius 3 is 3.00 bits per heavy atom. The zero-order valence-electron chi connectivity index (χ0n) is 7.63. The molecular weight excluding hydrogens is 148 g/mol. The van der Waals surface area contributed by atoms with E-state index in [1.54, 1.807) is 7.11 Å². The highest BCUT2D eigenvalue weighted by Crippen LogP contribution is 2.33. The van der Waals surface area contributed by atoms with E-state index in [2.05, 4.69) is 25.1 Å². The summed E-state index contributed by atoms with van der Waals surface area (Å²) in [4.78, 5) is 0. The van der Waals surface area contributed by atoms with Crippen molar-refractivity contribution in [2.45, 2.75) is 25.9 Å². The van der Waals surface area contributed by atoms with Gasteiger partial charge >= 0.3 is 0 Å². The summed E-state index contributed by atoms with van der Waals surface area (Å²) in [5.41, 5.74) is 4.22. The van der Waals surface area contributed by atoms with Gasteiger partial charge in [0.15, 0.2) is 0 Å². The number of hydrogen-bond donors (Lipinski definition) is 0. The van der Waals surface area contributed by atoms with Crippen LogP contribution in [0.25, 0.3) is 0 Å². The lowest BCUT2D eigenvalue weighted by Crippen LogP contribution is -1.94. The highest BCUT2D eigenvalue weighted by molar-refractivity contribution is 5.36. The minimum atomic E-state index is 0.348. The van der Waals surface area contributed by atoms with Gasteiger partial charge < -0.3 is 4.74 Å². The minimum Gasteiger partial charge on any atom is -0.377 e. The Hall–Kier alpha value is -0.820. The van der Waals surface area contributed by atoms with Crippen LogP contribution in [0.4, 0.5) is 0 Å². The van der Waals surface area contributed by atoms with Gasteiger partial charge in [0.05, 0.1) is 6.10 Å². The third kappa shape index (κ3) is 1.14. The van der Waals surface area contributed by atoms with Crippen LogP contribution in [0.1, 0.15) is 29.2 Å². The summed E-state index contributed by atoms with van der Waals surface area (Å²) in [5.74, 6) is 0. The lowest BCUT2D eigenvalue weighted by molar-refractivity contribution is 0.105. The van der Waals surface area contributed by atoms with E-state index in [1.165, 1.54) is 23.1 Å². The minimum absolute atomic E-state index is 0.348. The molecule has 1 nitrogen and oxygen atoms in total. The van der Waals surface area contributed by atoms with E-state index in [0.29, 0.717) is 6.10 Å². The molecule has 0 spiro atoms. The number of methoxy groups -OCH3 is 1. The fourth-order valence-electron chi connectivity index (χ4n) is 1.95. The number of benzene rings is 1. The largest absolute Gasteiger partial charge is 0.377 e. The summed E-state index contributed by atoms with van der Waals surface area (Å²) < 4.78 is 5.38. The van der Waals surface area contributed by atoms with Crippen LogP contribution in [0.15, 0.2) is 18.2 Å². The Kier molecular flexibility index (Phi) is 1.89. The summed E-state index contributed by atoms with van der Waals surface area (Å²) in [7, 11) is 1.79. The summed E-state index contributed by atoms with van der Waals surface area (Å²) >= 11 is 0. The Morgan fingerprint density at radius 1 is 1.42 bits per heavy atom. The fraction of sp³-hybridized carbons (Fsp3) is 0.455. The van der Waals surface area contributed by atoms with E-state index in [1.807, 2.05) is 0 Å². The van der Waals surface area contributed by atoms with Gasteiger partial charge in [-0.2, -0.15) is 0 Å². The van der Waals surface area contributed by atoms with E-state index >= 15 is 0 Å². The van der Waals surface area contributed by atoms with Crippen LogP contribution in [0.3, 0.4) is 0 Å². The molecule has 0 radical (unpaired) electrons. The molecule has 0 amide bonds. The first-order valence-electron chi connectivity index (χ1n) is 4.43. The van der Waals surface area contributed by atoms with Crippen molar-refractivity contribution in [2.24, 2.45) is 0 Å². The maximum Gasteiger partial charge on any atom is 0.0827 e. The predicted molar refractivity (Wildman–Crippen MR) is 49.3 cm³/mol. The molecule has 1 aliphatic carbocycles. The van der Waals surface area contributed by atoms with Crippen molar-refractivity contribution in [3.8, 4) is 0 Å². The molecule has 0 saturated heterocycles. The number of hydrogen-bond acceptors (Lipinski definition) is 1. The van der Waals surface area contributed by atoms with Crippen LogP contribution in [-0.4, -0.2) is 7.11 Å². The molecular formula is C11H14O. The van der Waals surface area contributed by atoms with Crippen LogP contribution < -0.4 is 0 Å². The van der Waals surface area contributed by atoms with Crippen molar-refractivity contribution < 1.29 is 4.74 Å². The van der Waals surface area contributed by atoms with Crippen molar-refractivity contribution in [3.63, 3.8) is 0 Å². The maximum atomic E-state index is 5.38. The Labute approximate surface area is 73.4 Å². The molecule has 0 fully saturated rings. The topological polar surface area (TPSA) is 9.23 Å². The van der Waals surface area contributed by atoms with E-state index < -0.39 is 0 Å². The number of fused-ring (bicyclic) bond motifs is 1. The standard InChI is InChI=1S/C11H14O/c1-8-3-5-10-9(7-8)4-6-11(10)12-2/h3,5,7,11H,4,6H2,1-2H3. The average molecular weight is 162 g/mol. The Morgan fingerprint density at radius 2 is 2.25 bits per heavy atom. The third-order valence-corrected chi connectivity index (χ3v) is 2.61. The van der Waals surface area contributed by atoms with Crippen molar-refractivity contribution in [2.75, 3.05) is 7.11 Å². The first-order valence-corrected chi connectivity index (χ1v) is 4.43. The number of rotatable bonds is 1. The quantitative estimate of drug-likeness (QED) is 0.616. The molecule has 1 aromatic carbocycles. The molecule has 0 aromatic heterocycles. The van der Waals surface area contributed by atoms with E-state index in [4.69, 9.17) is 4.74 Å². The Balaban J connectivity index is 2.40. The molecule has 0 aliphatic heterocycles. The normalized spacial score (nSPS) is 21.0. The van der Waals surface area contributed by atoms with Gasteiger partial charge in [0.1, 0.15) is 0 Å². The molecule has 1 aromatic rings. The highest BCUT2D eigenvalue weighted by Gasteiger charge is 2.21. The van der Waals surface area contributed by atoms with Crippen molar-refractivity contribution >= 4 is 0 Å². The first kappa shape index (κ1) is 7.81. The van der Waals surface area contributed by atoms with Crippen LogP contribution >= 0.6 is 0 Å². The van der Waals surface area contributed by atoms with E-state index in [-0.39, 0.29) is 0 Å². The van der Waals surface area contributed by atoms with E-state index in [9.17, 15) is 0 Å². The van der Waals surface area contributed by atoms with Gasteiger partial charge in [0, 0.05) is 7.11 Å². The molecule has 1 unspecified atom stereocenters.